The Morgan fingerprint density at radius 2 is 1.75 bits per heavy atom. The number of rotatable bonds is 4. The first-order chi connectivity index (χ1) is 15.5. The maximum absolute atomic E-state index is 13.2. The van der Waals surface area contributed by atoms with Crippen LogP contribution in [-0.2, 0) is 22.4 Å². The highest BCUT2D eigenvalue weighted by Gasteiger charge is 2.31. The van der Waals surface area contributed by atoms with Crippen molar-refractivity contribution in [3.8, 4) is 5.75 Å². The van der Waals surface area contributed by atoms with E-state index in [4.69, 9.17) is 14.2 Å². The Kier molecular flexibility index (Phi) is 6.00. The summed E-state index contributed by atoms with van der Waals surface area (Å²) in [5.41, 5.74) is 1.46. The summed E-state index contributed by atoms with van der Waals surface area (Å²) in [6, 6.07) is 11.2. The molecular formula is C23H22N2O6S. The molecule has 0 saturated heterocycles. The van der Waals surface area contributed by atoms with E-state index in [1.807, 2.05) is 24.3 Å². The lowest BCUT2D eigenvalue weighted by molar-refractivity contribution is 0.0600. The zero-order valence-corrected chi connectivity index (χ0v) is 18.7. The number of fused-ring (bicyclic) bond motifs is 2. The van der Waals surface area contributed by atoms with Gasteiger partial charge in [-0.2, -0.15) is 0 Å². The van der Waals surface area contributed by atoms with Gasteiger partial charge in [-0.3, -0.25) is 4.79 Å². The predicted molar refractivity (Wildman–Crippen MR) is 121 cm³/mol. The van der Waals surface area contributed by atoms with Crippen molar-refractivity contribution in [1.82, 2.24) is 4.90 Å². The van der Waals surface area contributed by atoms with E-state index in [-0.39, 0.29) is 0 Å². The number of carbonyl (C=O) groups is 3. The van der Waals surface area contributed by atoms with Gasteiger partial charge in [0.05, 0.1) is 39.0 Å². The number of nitrogens with zero attached hydrogens (tertiary/aromatic N) is 1. The molecule has 0 spiro atoms. The molecule has 1 N–H and O–H groups in total. The monoisotopic (exact) mass is 454 g/mol. The Hall–Kier alpha value is -3.59. The van der Waals surface area contributed by atoms with Crippen molar-refractivity contribution < 1.29 is 28.6 Å². The van der Waals surface area contributed by atoms with Crippen LogP contribution in [-0.4, -0.2) is 50.7 Å². The molecule has 2 aromatic carbocycles. The van der Waals surface area contributed by atoms with Gasteiger partial charge in [0.25, 0.3) is 5.91 Å². The van der Waals surface area contributed by atoms with Crippen molar-refractivity contribution in [2.75, 3.05) is 33.2 Å². The van der Waals surface area contributed by atoms with Crippen molar-refractivity contribution in [2.24, 2.45) is 0 Å². The molecule has 0 bridgehead atoms. The van der Waals surface area contributed by atoms with E-state index in [2.05, 4.69) is 5.32 Å². The predicted octanol–water partition coefficient (Wildman–Crippen LogP) is 4.07. The Morgan fingerprint density at radius 3 is 2.41 bits per heavy atom. The largest absolute Gasteiger partial charge is 0.496 e. The number of anilines is 1. The maximum atomic E-state index is 13.2. The molecule has 0 unspecified atom stereocenters. The molecular weight excluding hydrogens is 432 g/mol. The average molecular weight is 455 g/mol. The summed E-state index contributed by atoms with van der Waals surface area (Å²) in [6.07, 6.45) is 0.0238. The summed E-state index contributed by atoms with van der Waals surface area (Å²) in [5.74, 6) is -0.505. The lowest BCUT2D eigenvalue weighted by Gasteiger charge is -2.25. The molecule has 8 nitrogen and oxygen atoms in total. The van der Waals surface area contributed by atoms with E-state index < -0.39 is 18.0 Å². The van der Waals surface area contributed by atoms with Gasteiger partial charge < -0.3 is 24.4 Å². The zero-order chi connectivity index (χ0) is 22.8. The third kappa shape index (κ3) is 3.87. The number of thiophene rings is 1. The summed E-state index contributed by atoms with van der Waals surface area (Å²) >= 11 is 1.25. The fraction of sp³-hybridized carbons (Fsp3) is 0.261. The molecule has 2 heterocycles. The van der Waals surface area contributed by atoms with Crippen molar-refractivity contribution in [3.05, 3.63) is 58.0 Å². The molecule has 1 aliphatic rings. The molecule has 3 aromatic rings. The number of esters is 1. The smallest absolute Gasteiger partial charge is 0.409 e. The molecule has 2 amide bonds. The summed E-state index contributed by atoms with van der Waals surface area (Å²) < 4.78 is 15.2. The minimum atomic E-state index is -0.533. The topological polar surface area (TPSA) is 94.2 Å². The molecule has 0 saturated carbocycles. The quantitative estimate of drug-likeness (QED) is 0.597. The van der Waals surface area contributed by atoms with E-state index >= 15 is 0 Å². The Labute approximate surface area is 188 Å². The second-order valence-corrected chi connectivity index (χ2v) is 8.30. The minimum Gasteiger partial charge on any atom is -0.496 e. The third-order valence-electron chi connectivity index (χ3n) is 5.42. The van der Waals surface area contributed by atoms with Crippen molar-refractivity contribution in [1.29, 1.82) is 0 Å². The van der Waals surface area contributed by atoms with Gasteiger partial charge in [-0.05, 0) is 34.9 Å². The van der Waals surface area contributed by atoms with Gasteiger partial charge >= 0.3 is 12.1 Å². The number of amides is 2. The lowest BCUT2D eigenvalue weighted by Crippen LogP contribution is -2.35. The highest BCUT2D eigenvalue weighted by Crippen LogP contribution is 2.38. The molecule has 0 fully saturated rings. The highest BCUT2D eigenvalue weighted by atomic mass is 32.1. The summed E-state index contributed by atoms with van der Waals surface area (Å²) in [7, 11) is 4.13. The van der Waals surface area contributed by atoms with Crippen LogP contribution in [0.25, 0.3) is 10.8 Å². The Morgan fingerprint density at radius 1 is 1.03 bits per heavy atom. The summed E-state index contributed by atoms with van der Waals surface area (Å²) in [6.45, 7) is 0.706. The zero-order valence-electron chi connectivity index (χ0n) is 17.9. The van der Waals surface area contributed by atoms with Crippen LogP contribution in [0.15, 0.2) is 36.4 Å². The number of hydrogen-bond acceptors (Lipinski definition) is 7. The fourth-order valence-corrected chi connectivity index (χ4v) is 5.08. The number of nitrogens with one attached hydrogen (secondary N) is 1. The van der Waals surface area contributed by atoms with Crippen LogP contribution in [0.5, 0.6) is 5.75 Å². The Balaban J connectivity index is 1.71. The molecule has 32 heavy (non-hydrogen) atoms. The van der Waals surface area contributed by atoms with Gasteiger partial charge in [-0.15, -0.1) is 11.3 Å². The van der Waals surface area contributed by atoms with Gasteiger partial charge in [0.15, 0.2) is 0 Å². The first kappa shape index (κ1) is 21.6. The highest BCUT2D eigenvalue weighted by molar-refractivity contribution is 7.17. The van der Waals surface area contributed by atoms with Crippen LogP contribution in [0.1, 0.15) is 31.2 Å². The first-order valence-corrected chi connectivity index (χ1v) is 10.7. The fourth-order valence-electron chi connectivity index (χ4n) is 3.83. The van der Waals surface area contributed by atoms with Gasteiger partial charge in [-0.25, -0.2) is 9.59 Å². The van der Waals surface area contributed by atoms with Crippen LogP contribution in [0.2, 0.25) is 0 Å². The summed E-state index contributed by atoms with van der Waals surface area (Å²) in [5, 5.41) is 5.09. The number of methoxy groups -OCH3 is 3. The molecule has 166 valence electrons. The van der Waals surface area contributed by atoms with Crippen LogP contribution in [0.3, 0.4) is 0 Å². The van der Waals surface area contributed by atoms with Gasteiger partial charge in [0, 0.05) is 11.4 Å². The number of hydrogen-bond donors (Lipinski definition) is 1. The normalized spacial score (nSPS) is 12.8. The van der Waals surface area contributed by atoms with Crippen LogP contribution < -0.4 is 10.1 Å². The lowest BCUT2D eigenvalue weighted by atomic mass is 10.0. The molecule has 0 aliphatic carbocycles. The average Bonchev–Trinajstić information content (AvgIpc) is 3.18. The standard InChI is InChI=1S/C23H22N2O6S/c1-29-17-11-14-7-5-4-6-13(14)10-16(17)20(26)24-21-19(22(27)30-2)15-8-9-25(23(28)31-3)12-18(15)32-21/h4-7,10-11H,8-9,12H2,1-3H3,(H,24,26). The molecule has 9 heteroatoms. The maximum Gasteiger partial charge on any atom is 0.409 e. The van der Waals surface area contributed by atoms with E-state index in [1.54, 1.807) is 17.0 Å². The van der Waals surface area contributed by atoms with Crippen LogP contribution in [0.4, 0.5) is 9.80 Å². The molecule has 4 rings (SSSR count). The van der Waals surface area contributed by atoms with Gasteiger partial charge in [0.2, 0.25) is 0 Å². The third-order valence-corrected chi connectivity index (χ3v) is 6.55. The molecule has 0 atom stereocenters. The minimum absolute atomic E-state index is 0.297. The van der Waals surface area contributed by atoms with Crippen molar-refractivity contribution in [3.63, 3.8) is 0 Å². The van der Waals surface area contributed by atoms with Gasteiger partial charge in [0.1, 0.15) is 10.8 Å². The first-order valence-electron chi connectivity index (χ1n) is 9.90. The van der Waals surface area contributed by atoms with E-state index in [9.17, 15) is 14.4 Å². The van der Waals surface area contributed by atoms with E-state index in [0.29, 0.717) is 41.4 Å². The van der Waals surface area contributed by atoms with Crippen LogP contribution >= 0.6 is 11.3 Å². The second-order valence-electron chi connectivity index (χ2n) is 7.19. The molecule has 1 aliphatic heterocycles. The Bertz CT molecular complexity index is 1220. The number of benzene rings is 2. The SMILES string of the molecule is COC(=O)c1c(NC(=O)c2cc3ccccc3cc2OC)sc2c1CCN(C(=O)OC)C2. The number of ether oxygens (including phenoxy) is 3. The number of carbonyl (C=O) groups excluding carboxylic acids is 3. The van der Waals surface area contributed by atoms with Crippen molar-refractivity contribution >= 4 is 45.1 Å². The van der Waals surface area contributed by atoms with Crippen LogP contribution in [0, 0.1) is 0 Å². The second kappa shape index (κ2) is 8.88. The summed E-state index contributed by atoms with van der Waals surface area (Å²) in [4.78, 5) is 40.1. The molecule has 1 aromatic heterocycles. The van der Waals surface area contributed by atoms with E-state index in [0.717, 1.165) is 21.2 Å². The van der Waals surface area contributed by atoms with Crippen molar-refractivity contribution in [2.45, 2.75) is 13.0 Å². The molecule has 0 radical (unpaired) electrons. The van der Waals surface area contributed by atoms with Gasteiger partial charge in [-0.1, -0.05) is 24.3 Å². The van der Waals surface area contributed by atoms with E-state index in [1.165, 1.54) is 32.7 Å².